The molecule has 1 aromatic carbocycles. The van der Waals surface area contributed by atoms with E-state index in [4.69, 9.17) is 9.57 Å². The van der Waals surface area contributed by atoms with Crippen LogP contribution in [0.2, 0.25) is 0 Å². The topological polar surface area (TPSA) is 80.2 Å². The first-order chi connectivity index (χ1) is 15.4. The van der Waals surface area contributed by atoms with E-state index in [9.17, 15) is 9.59 Å². The summed E-state index contributed by atoms with van der Waals surface area (Å²) in [5.41, 5.74) is 1.62. The number of carbonyl (C=O) groups excluding carboxylic acids is 2. The van der Waals surface area contributed by atoms with Gasteiger partial charge in [0.05, 0.1) is 13.7 Å². The lowest BCUT2D eigenvalue weighted by Crippen LogP contribution is -2.47. The van der Waals surface area contributed by atoms with E-state index in [1.807, 2.05) is 25.1 Å². The smallest absolute Gasteiger partial charge is 0.268 e. The second kappa shape index (κ2) is 14.5. The van der Waals surface area contributed by atoms with Crippen molar-refractivity contribution >= 4 is 17.5 Å². The molecule has 7 heteroatoms. The van der Waals surface area contributed by atoms with Crippen LogP contribution in [0.15, 0.2) is 78.7 Å². The van der Waals surface area contributed by atoms with Crippen LogP contribution in [0.5, 0.6) is 0 Å². The van der Waals surface area contributed by atoms with Crippen molar-refractivity contribution in [1.29, 1.82) is 0 Å². The summed E-state index contributed by atoms with van der Waals surface area (Å²) in [4.78, 5) is 35.2. The Hall–Kier alpha value is -3.45. The van der Waals surface area contributed by atoms with Gasteiger partial charge in [0.2, 0.25) is 5.88 Å². The largest absolute Gasteiger partial charge is 0.477 e. The third-order valence-electron chi connectivity index (χ3n) is 4.47. The molecule has 0 radical (unpaired) electrons. The fourth-order valence-corrected chi connectivity index (χ4v) is 2.73. The number of rotatable bonds is 13. The number of amides is 2. The number of ether oxygens (including phenoxy) is 1. The molecule has 0 aliphatic carbocycles. The molecular formula is C25H33N3O4. The van der Waals surface area contributed by atoms with Crippen LogP contribution in [0, 0.1) is 0 Å². The Balaban J connectivity index is 3.20. The third-order valence-corrected chi connectivity index (χ3v) is 4.47. The zero-order valence-electron chi connectivity index (χ0n) is 19.3. The van der Waals surface area contributed by atoms with Crippen molar-refractivity contribution in [1.82, 2.24) is 10.4 Å². The molecule has 172 valence electrons. The summed E-state index contributed by atoms with van der Waals surface area (Å²) in [7, 11) is 2.90. The molecule has 1 aromatic rings. The molecule has 0 bridgehead atoms. The van der Waals surface area contributed by atoms with E-state index in [0.29, 0.717) is 42.2 Å². The SMILES string of the molecule is C=C/C=C(\N=C(/C)c1ccccc1C(=O)NC(C/C=C/C)C(=O)N(C)OC)OCCC=C. The monoisotopic (exact) mass is 439 g/mol. The molecule has 0 fully saturated rings. The fourth-order valence-electron chi connectivity index (χ4n) is 2.73. The van der Waals surface area contributed by atoms with Gasteiger partial charge in [-0.25, -0.2) is 10.1 Å². The van der Waals surface area contributed by atoms with E-state index in [-0.39, 0.29) is 11.8 Å². The highest BCUT2D eigenvalue weighted by atomic mass is 16.7. The van der Waals surface area contributed by atoms with Crippen LogP contribution in [0.1, 0.15) is 42.6 Å². The molecule has 0 aromatic heterocycles. The molecule has 1 atom stereocenters. The molecule has 1 N–H and O–H groups in total. The van der Waals surface area contributed by atoms with Gasteiger partial charge in [-0.15, -0.1) is 6.58 Å². The summed E-state index contributed by atoms with van der Waals surface area (Å²) in [6, 6.07) is 6.30. The number of benzene rings is 1. The van der Waals surface area contributed by atoms with Crippen LogP contribution in [-0.2, 0) is 14.4 Å². The molecule has 0 spiro atoms. The number of aliphatic imine (C=N–C) groups is 1. The minimum absolute atomic E-state index is 0.341. The molecule has 1 unspecified atom stereocenters. The predicted molar refractivity (Wildman–Crippen MR) is 128 cm³/mol. The van der Waals surface area contributed by atoms with E-state index in [1.54, 1.807) is 43.4 Å². The van der Waals surface area contributed by atoms with Crippen molar-refractivity contribution in [2.24, 2.45) is 4.99 Å². The summed E-state index contributed by atoms with van der Waals surface area (Å²) in [5.74, 6) is -0.351. The Morgan fingerprint density at radius 3 is 2.53 bits per heavy atom. The van der Waals surface area contributed by atoms with Crippen LogP contribution in [0.25, 0.3) is 0 Å². The summed E-state index contributed by atoms with van der Waals surface area (Å²) in [6.07, 6.45) is 9.66. The standard InChI is InChI=1S/C25H33N3O4/c1-7-10-17-22(25(30)28(5)31-6)27-24(29)21-16-13-12-15-20(21)19(4)26-23(14-9-3)32-18-11-8-2/h7-10,12-16,22H,2-3,11,17-18H2,1,4-6H3,(H,27,29)/b10-7+,23-14+,26-19+. The van der Waals surface area contributed by atoms with E-state index >= 15 is 0 Å². The lowest BCUT2D eigenvalue weighted by molar-refractivity contribution is -0.170. The summed E-state index contributed by atoms with van der Waals surface area (Å²) in [6.45, 7) is 11.4. The number of carbonyl (C=O) groups is 2. The summed E-state index contributed by atoms with van der Waals surface area (Å²) < 4.78 is 5.65. The normalized spacial score (nSPS) is 12.9. The summed E-state index contributed by atoms with van der Waals surface area (Å²) in [5, 5.41) is 3.91. The van der Waals surface area contributed by atoms with Crippen molar-refractivity contribution < 1.29 is 19.2 Å². The molecule has 1 rings (SSSR count). The van der Waals surface area contributed by atoms with Crippen LogP contribution in [0.4, 0.5) is 0 Å². The number of likely N-dealkylation sites (N-methyl/N-ethyl adjacent to an activating group) is 1. The number of hydroxylamine groups is 2. The van der Waals surface area contributed by atoms with Crippen molar-refractivity contribution in [2.75, 3.05) is 20.8 Å². The van der Waals surface area contributed by atoms with Crippen LogP contribution in [-0.4, -0.2) is 49.4 Å². The lowest BCUT2D eigenvalue weighted by atomic mass is 10.0. The zero-order chi connectivity index (χ0) is 23.9. The highest BCUT2D eigenvalue weighted by Gasteiger charge is 2.25. The van der Waals surface area contributed by atoms with Crippen LogP contribution >= 0.6 is 0 Å². The Morgan fingerprint density at radius 1 is 1.25 bits per heavy atom. The first-order valence-electron chi connectivity index (χ1n) is 10.3. The maximum atomic E-state index is 13.1. The maximum Gasteiger partial charge on any atom is 0.268 e. The van der Waals surface area contributed by atoms with Crippen molar-refractivity contribution in [2.45, 2.75) is 32.7 Å². The highest BCUT2D eigenvalue weighted by Crippen LogP contribution is 2.14. The van der Waals surface area contributed by atoms with Crippen molar-refractivity contribution in [3.8, 4) is 0 Å². The van der Waals surface area contributed by atoms with Crippen molar-refractivity contribution in [3.05, 3.63) is 84.8 Å². The quantitative estimate of drug-likeness (QED) is 0.125. The third kappa shape index (κ3) is 8.35. The molecule has 0 aliphatic rings. The first-order valence-corrected chi connectivity index (χ1v) is 10.3. The van der Waals surface area contributed by atoms with Gasteiger partial charge < -0.3 is 10.1 Å². The van der Waals surface area contributed by atoms with E-state index in [2.05, 4.69) is 23.5 Å². The van der Waals surface area contributed by atoms with E-state index in [0.717, 1.165) is 5.06 Å². The number of allylic oxidation sites excluding steroid dienone is 3. The Bertz CT molecular complexity index is 887. The van der Waals surface area contributed by atoms with Gasteiger partial charge >= 0.3 is 0 Å². The average Bonchev–Trinajstić information content (AvgIpc) is 2.80. The molecule has 0 heterocycles. The predicted octanol–water partition coefficient (Wildman–Crippen LogP) is 4.20. The molecule has 0 aliphatic heterocycles. The van der Waals surface area contributed by atoms with Crippen LogP contribution in [0.3, 0.4) is 0 Å². The Morgan fingerprint density at radius 2 is 1.94 bits per heavy atom. The zero-order valence-corrected chi connectivity index (χ0v) is 19.3. The molecular weight excluding hydrogens is 406 g/mol. The number of hydrogen-bond donors (Lipinski definition) is 1. The van der Waals surface area contributed by atoms with Gasteiger partial charge in [0.1, 0.15) is 6.04 Å². The van der Waals surface area contributed by atoms with Gasteiger partial charge in [-0.1, -0.05) is 49.1 Å². The van der Waals surface area contributed by atoms with E-state index in [1.165, 1.54) is 14.2 Å². The minimum Gasteiger partial charge on any atom is -0.477 e. The lowest BCUT2D eigenvalue weighted by Gasteiger charge is -2.22. The highest BCUT2D eigenvalue weighted by molar-refractivity contribution is 6.10. The molecule has 2 amide bonds. The summed E-state index contributed by atoms with van der Waals surface area (Å²) >= 11 is 0. The fraction of sp³-hybridized carbons (Fsp3) is 0.320. The van der Waals surface area contributed by atoms with Gasteiger partial charge in [-0.3, -0.25) is 14.4 Å². The second-order valence-corrected chi connectivity index (χ2v) is 6.76. The Kier molecular flexibility index (Phi) is 12.1. The number of nitrogens with one attached hydrogen (secondary N) is 1. The molecule has 32 heavy (non-hydrogen) atoms. The second-order valence-electron chi connectivity index (χ2n) is 6.76. The van der Waals surface area contributed by atoms with Gasteiger partial charge in [-0.05, 0) is 38.8 Å². The van der Waals surface area contributed by atoms with Crippen LogP contribution < -0.4 is 5.32 Å². The number of nitrogens with zero attached hydrogens (tertiary/aromatic N) is 2. The minimum atomic E-state index is -0.771. The van der Waals surface area contributed by atoms with E-state index < -0.39 is 6.04 Å². The first kappa shape index (κ1) is 26.6. The van der Waals surface area contributed by atoms with Gasteiger partial charge in [0, 0.05) is 23.9 Å². The Labute approximate surface area is 190 Å². The maximum absolute atomic E-state index is 13.1. The van der Waals surface area contributed by atoms with Gasteiger partial charge in [-0.2, -0.15) is 0 Å². The molecule has 0 saturated heterocycles. The van der Waals surface area contributed by atoms with Crippen molar-refractivity contribution in [3.63, 3.8) is 0 Å². The van der Waals surface area contributed by atoms with Gasteiger partial charge in [0.25, 0.3) is 11.8 Å². The molecule has 7 nitrogen and oxygen atoms in total. The van der Waals surface area contributed by atoms with Gasteiger partial charge in [0.15, 0.2) is 0 Å². The number of hydrogen-bond acceptors (Lipinski definition) is 5. The average molecular weight is 440 g/mol. The molecule has 0 saturated carbocycles.